The Kier molecular flexibility index (Phi) is 9.14. The lowest BCUT2D eigenvalue weighted by atomic mass is 10.0. The summed E-state index contributed by atoms with van der Waals surface area (Å²) in [5.41, 5.74) is -1.32. The standard InChI is InChI=1S/C29H26F3N5O4/c1-17-8-9-18(15-22(17)25(39)35-23-7-5-6-12-34-23)10-11-19-13-20(16-21(14-19)29(30,31)32)24(38)36-26(33)37-27(40)41-28(2,3)4/h5-9,12-16H,1-4H3,(H,34,35,39)(H3,33,36,37,38,40). The molecule has 2 aromatic carbocycles. The lowest BCUT2D eigenvalue weighted by Gasteiger charge is -2.19. The molecule has 3 amide bonds. The normalized spacial score (nSPS) is 11.0. The van der Waals surface area contributed by atoms with Crippen molar-refractivity contribution < 1.29 is 32.3 Å². The van der Waals surface area contributed by atoms with Crippen molar-refractivity contribution in [1.82, 2.24) is 15.6 Å². The molecule has 4 N–H and O–H groups in total. The highest BCUT2D eigenvalue weighted by molar-refractivity contribution is 6.08. The number of aryl methyl sites for hydroxylation is 1. The molecular weight excluding hydrogens is 539 g/mol. The molecule has 3 aromatic rings. The average Bonchev–Trinajstić information content (AvgIpc) is 2.86. The quantitative estimate of drug-likeness (QED) is 0.196. The largest absolute Gasteiger partial charge is 0.444 e. The molecule has 0 atom stereocenters. The van der Waals surface area contributed by atoms with E-state index in [-0.39, 0.29) is 5.56 Å². The summed E-state index contributed by atoms with van der Waals surface area (Å²) >= 11 is 0. The smallest absolute Gasteiger partial charge is 0.416 e. The second-order valence-electron chi connectivity index (χ2n) is 9.70. The number of guanidine groups is 1. The first-order valence-corrected chi connectivity index (χ1v) is 12.1. The summed E-state index contributed by atoms with van der Waals surface area (Å²) in [6.07, 6.45) is -4.30. The maximum atomic E-state index is 13.6. The van der Waals surface area contributed by atoms with Crippen LogP contribution in [0.3, 0.4) is 0 Å². The monoisotopic (exact) mass is 565 g/mol. The van der Waals surface area contributed by atoms with E-state index in [0.29, 0.717) is 28.6 Å². The van der Waals surface area contributed by atoms with E-state index in [0.717, 1.165) is 12.1 Å². The fraction of sp³-hybridized carbons (Fsp3) is 0.207. The van der Waals surface area contributed by atoms with Gasteiger partial charge in [0.25, 0.3) is 11.8 Å². The molecule has 0 aliphatic heterocycles. The summed E-state index contributed by atoms with van der Waals surface area (Å²) in [7, 11) is 0. The number of nitrogens with zero attached hydrogens (tertiary/aromatic N) is 1. The van der Waals surface area contributed by atoms with Crippen LogP contribution in [-0.2, 0) is 10.9 Å². The lowest BCUT2D eigenvalue weighted by Crippen LogP contribution is -2.45. The third-order valence-corrected chi connectivity index (χ3v) is 5.13. The van der Waals surface area contributed by atoms with E-state index in [1.54, 1.807) is 58.0 Å². The fourth-order valence-corrected chi connectivity index (χ4v) is 3.33. The highest BCUT2D eigenvalue weighted by atomic mass is 19.4. The Bertz CT molecular complexity index is 1550. The number of ether oxygens (including phenoxy) is 1. The highest BCUT2D eigenvalue weighted by Crippen LogP contribution is 2.30. The topological polar surface area (TPSA) is 133 Å². The Morgan fingerprint density at radius 2 is 1.61 bits per heavy atom. The summed E-state index contributed by atoms with van der Waals surface area (Å²) in [4.78, 5) is 41.2. The molecule has 1 heterocycles. The molecule has 0 bridgehead atoms. The van der Waals surface area contributed by atoms with Crippen LogP contribution in [-0.4, -0.2) is 34.5 Å². The van der Waals surface area contributed by atoms with Gasteiger partial charge in [-0.3, -0.25) is 25.6 Å². The number of nitrogens with one attached hydrogen (secondary N) is 4. The zero-order valence-corrected chi connectivity index (χ0v) is 22.5. The van der Waals surface area contributed by atoms with Crippen molar-refractivity contribution >= 4 is 29.7 Å². The van der Waals surface area contributed by atoms with Crippen LogP contribution in [0, 0.1) is 24.2 Å². The molecule has 1 aromatic heterocycles. The zero-order chi connectivity index (χ0) is 30.4. The second-order valence-corrected chi connectivity index (χ2v) is 9.70. The van der Waals surface area contributed by atoms with Crippen LogP contribution in [0.1, 0.15) is 63.7 Å². The molecule has 0 fully saturated rings. The van der Waals surface area contributed by atoms with Gasteiger partial charge in [0.1, 0.15) is 11.4 Å². The average molecular weight is 566 g/mol. The second kappa shape index (κ2) is 12.3. The highest BCUT2D eigenvalue weighted by Gasteiger charge is 2.32. The van der Waals surface area contributed by atoms with E-state index < -0.39 is 46.8 Å². The van der Waals surface area contributed by atoms with E-state index in [9.17, 15) is 27.6 Å². The predicted octanol–water partition coefficient (Wildman–Crippen LogP) is 5.25. The van der Waals surface area contributed by atoms with Crippen LogP contribution >= 0.6 is 0 Å². The summed E-state index contributed by atoms with van der Waals surface area (Å²) in [5.74, 6) is 3.36. The predicted molar refractivity (Wildman–Crippen MR) is 145 cm³/mol. The van der Waals surface area contributed by atoms with Gasteiger partial charge in [-0.05, 0) is 75.7 Å². The van der Waals surface area contributed by atoms with Crippen molar-refractivity contribution in [2.45, 2.75) is 39.5 Å². The van der Waals surface area contributed by atoms with Crippen LogP contribution in [0.15, 0.2) is 60.8 Å². The van der Waals surface area contributed by atoms with E-state index >= 15 is 0 Å². The number of hydrogen-bond acceptors (Lipinski definition) is 6. The number of pyridine rings is 1. The van der Waals surface area contributed by atoms with E-state index in [1.165, 1.54) is 12.3 Å². The molecule has 3 rings (SSSR count). The van der Waals surface area contributed by atoms with Crippen LogP contribution in [0.4, 0.5) is 23.8 Å². The molecule has 0 aliphatic carbocycles. The van der Waals surface area contributed by atoms with Crippen molar-refractivity contribution in [2.24, 2.45) is 0 Å². The molecule has 41 heavy (non-hydrogen) atoms. The van der Waals surface area contributed by atoms with Gasteiger partial charge in [-0.1, -0.05) is 24.0 Å². The van der Waals surface area contributed by atoms with Gasteiger partial charge in [-0.2, -0.15) is 13.2 Å². The molecule has 0 saturated carbocycles. The fourth-order valence-electron chi connectivity index (χ4n) is 3.33. The minimum absolute atomic E-state index is 0.142. The SMILES string of the molecule is Cc1ccc(C#Cc2cc(C(=O)NC(=N)NC(=O)OC(C)(C)C)cc(C(F)(F)F)c2)cc1C(=O)Nc1ccccn1. The van der Waals surface area contributed by atoms with Gasteiger partial charge < -0.3 is 10.1 Å². The minimum Gasteiger partial charge on any atom is -0.444 e. The Labute approximate surface area is 234 Å². The molecule has 12 heteroatoms. The van der Waals surface area contributed by atoms with Crippen molar-refractivity contribution in [1.29, 1.82) is 5.41 Å². The van der Waals surface area contributed by atoms with Crippen LogP contribution in [0.5, 0.6) is 0 Å². The van der Waals surface area contributed by atoms with Crippen LogP contribution < -0.4 is 16.0 Å². The summed E-state index contributed by atoms with van der Waals surface area (Å²) in [5, 5.41) is 14.4. The molecule has 0 radical (unpaired) electrons. The van der Waals surface area contributed by atoms with Gasteiger partial charge in [-0.15, -0.1) is 0 Å². The Hall–Kier alpha value is -5.18. The Morgan fingerprint density at radius 1 is 0.902 bits per heavy atom. The number of hydrogen-bond donors (Lipinski definition) is 4. The molecule has 0 unspecified atom stereocenters. The third kappa shape index (κ3) is 9.21. The van der Waals surface area contributed by atoms with Crippen LogP contribution in [0.25, 0.3) is 0 Å². The molecule has 212 valence electrons. The molecule has 0 saturated heterocycles. The summed E-state index contributed by atoms with van der Waals surface area (Å²) in [6, 6.07) is 12.3. The molecule has 0 aliphatic rings. The molecule has 0 spiro atoms. The van der Waals surface area contributed by atoms with Gasteiger partial charge in [-0.25, -0.2) is 9.78 Å². The van der Waals surface area contributed by atoms with Gasteiger partial charge in [0.05, 0.1) is 5.56 Å². The van der Waals surface area contributed by atoms with Gasteiger partial charge in [0, 0.05) is 28.5 Å². The number of alkyl carbamates (subject to hydrolysis) is 1. The number of anilines is 1. The third-order valence-electron chi connectivity index (χ3n) is 5.13. The minimum atomic E-state index is -4.80. The molecular formula is C29H26F3N5O4. The number of amides is 3. The van der Waals surface area contributed by atoms with Crippen LogP contribution in [0.2, 0.25) is 0 Å². The zero-order valence-electron chi connectivity index (χ0n) is 22.5. The maximum absolute atomic E-state index is 13.6. The lowest BCUT2D eigenvalue weighted by molar-refractivity contribution is -0.137. The van der Waals surface area contributed by atoms with Crippen molar-refractivity contribution in [3.05, 3.63) is 94.2 Å². The Morgan fingerprint density at radius 3 is 2.24 bits per heavy atom. The van der Waals surface area contributed by atoms with E-state index in [1.807, 2.05) is 10.6 Å². The van der Waals surface area contributed by atoms with Gasteiger partial charge >= 0.3 is 12.3 Å². The molecule has 9 nitrogen and oxygen atoms in total. The van der Waals surface area contributed by atoms with Gasteiger partial charge in [0.15, 0.2) is 0 Å². The number of alkyl halides is 3. The van der Waals surface area contributed by atoms with Crippen molar-refractivity contribution in [3.63, 3.8) is 0 Å². The van der Waals surface area contributed by atoms with Crippen molar-refractivity contribution in [3.8, 4) is 11.8 Å². The van der Waals surface area contributed by atoms with E-state index in [4.69, 9.17) is 10.1 Å². The number of halogens is 3. The Balaban J connectivity index is 1.85. The number of carbonyl (C=O) groups is 3. The first-order valence-electron chi connectivity index (χ1n) is 12.1. The summed E-state index contributed by atoms with van der Waals surface area (Å²) in [6.45, 7) is 6.49. The van der Waals surface area contributed by atoms with Crippen molar-refractivity contribution in [2.75, 3.05) is 5.32 Å². The van der Waals surface area contributed by atoms with Gasteiger partial charge in [0.2, 0.25) is 5.96 Å². The number of aromatic nitrogens is 1. The maximum Gasteiger partial charge on any atom is 0.416 e. The number of rotatable bonds is 3. The van der Waals surface area contributed by atoms with E-state index in [2.05, 4.69) is 22.1 Å². The first kappa shape index (κ1) is 30.4. The first-order chi connectivity index (χ1) is 19.1. The number of carbonyl (C=O) groups excluding carboxylic acids is 3. The number of benzene rings is 2. The summed E-state index contributed by atoms with van der Waals surface area (Å²) < 4.78 is 45.7.